The summed E-state index contributed by atoms with van der Waals surface area (Å²) in [5.41, 5.74) is 8.26. The highest BCUT2D eigenvalue weighted by Crippen LogP contribution is 2.70. The first-order valence-electron chi connectivity index (χ1n) is 10.3. The van der Waals surface area contributed by atoms with Gasteiger partial charge in [-0.1, -0.05) is 28.0 Å². The first kappa shape index (κ1) is 19.3. The number of aliphatic hydroxyl groups is 2. The smallest absolute Gasteiger partial charge is 0.115 e. The van der Waals surface area contributed by atoms with Crippen molar-refractivity contribution < 1.29 is 19.7 Å². The van der Waals surface area contributed by atoms with Crippen molar-refractivity contribution in [1.29, 1.82) is 0 Å². The van der Waals surface area contributed by atoms with Crippen LogP contribution in [-0.4, -0.2) is 57.2 Å². The number of aliphatic hydroxyl groups excluding tert-OH is 2. The first-order valence-corrected chi connectivity index (χ1v) is 11.2. The molecule has 2 heterocycles. The van der Waals surface area contributed by atoms with Crippen LogP contribution in [0.15, 0.2) is 16.8 Å². The van der Waals surface area contributed by atoms with Gasteiger partial charge in [-0.15, -0.1) is 0 Å². The summed E-state index contributed by atoms with van der Waals surface area (Å²) in [6, 6.07) is -0.527. The average molecular weight is 454 g/mol. The lowest BCUT2D eigenvalue weighted by Crippen LogP contribution is -2.69. The topological polar surface area (TPSA) is 108 Å². The number of azide groups is 1. The van der Waals surface area contributed by atoms with Crippen LogP contribution in [0.1, 0.15) is 51.9 Å². The van der Waals surface area contributed by atoms with Crippen LogP contribution >= 0.6 is 15.9 Å². The van der Waals surface area contributed by atoms with E-state index in [0.717, 1.165) is 44.1 Å². The summed E-state index contributed by atoms with van der Waals surface area (Å²) >= 11 is 3.67. The van der Waals surface area contributed by atoms with E-state index in [2.05, 4.69) is 39.0 Å². The van der Waals surface area contributed by atoms with Gasteiger partial charge in [-0.25, -0.2) is 0 Å². The van der Waals surface area contributed by atoms with E-state index in [1.807, 2.05) is 0 Å². The van der Waals surface area contributed by atoms with Crippen molar-refractivity contribution in [3.8, 4) is 0 Å². The van der Waals surface area contributed by atoms with Crippen molar-refractivity contribution in [2.24, 2.45) is 16.4 Å². The second-order valence-electron chi connectivity index (χ2n) is 9.70. The van der Waals surface area contributed by atoms with Gasteiger partial charge in [0.15, 0.2) is 0 Å². The van der Waals surface area contributed by atoms with E-state index in [-0.39, 0.29) is 22.3 Å². The number of nitrogens with zero attached hydrogens (tertiary/aromatic N) is 3. The van der Waals surface area contributed by atoms with Crippen LogP contribution in [0.3, 0.4) is 0 Å². The number of halogens is 1. The van der Waals surface area contributed by atoms with Gasteiger partial charge >= 0.3 is 0 Å². The van der Waals surface area contributed by atoms with Gasteiger partial charge in [-0.3, -0.25) is 0 Å². The fraction of sp³-hybridized carbons (Fsp3) is 0.900. The van der Waals surface area contributed by atoms with Gasteiger partial charge in [-0.2, -0.15) is 0 Å². The number of methoxy groups -OCH3 is 1. The molecule has 4 fully saturated rings. The molecule has 2 bridgehead atoms. The summed E-state index contributed by atoms with van der Waals surface area (Å²) in [6.45, 7) is 2.21. The van der Waals surface area contributed by atoms with Gasteiger partial charge in [0.25, 0.3) is 0 Å². The van der Waals surface area contributed by atoms with Crippen molar-refractivity contribution >= 4 is 15.9 Å². The summed E-state index contributed by atoms with van der Waals surface area (Å²) in [4.78, 5) is 2.62. The zero-order valence-corrected chi connectivity index (χ0v) is 17.9. The Morgan fingerprint density at radius 3 is 2.79 bits per heavy atom. The molecule has 2 N–H and O–H groups in total. The molecular weight excluding hydrogens is 426 g/mol. The van der Waals surface area contributed by atoms with Crippen molar-refractivity contribution in [2.45, 2.75) is 91.7 Å². The molecule has 0 aromatic carbocycles. The third kappa shape index (κ3) is 2.07. The summed E-state index contributed by atoms with van der Waals surface area (Å²) < 4.78 is 13.3. The van der Waals surface area contributed by atoms with Crippen LogP contribution in [-0.2, 0) is 9.47 Å². The Kier molecular flexibility index (Phi) is 4.12. The average Bonchev–Trinajstić information content (AvgIpc) is 3.17. The summed E-state index contributed by atoms with van der Waals surface area (Å²) in [6.07, 6.45) is 6.71. The van der Waals surface area contributed by atoms with Crippen molar-refractivity contribution in [2.75, 3.05) is 7.11 Å². The molecule has 3 aliphatic carbocycles. The first-order chi connectivity index (χ1) is 13.3. The van der Waals surface area contributed by atoms with Gasteiger partial charge in [0.2, 0.25) is 0 Å². The van der Waals surface area contributed by atoms with Crippen molar-refractivity contribution in [1.82, 2.24) is 0 Å². The van der Waals surface area contributed by atoms with Gasteiger partial charge in [0, 0.05) is 12.0 Å². The Labute approximate surface area is 173 Å². The molecule has 5 rings (SSSR count). The molecule has 0 amide bonds. The SMILES string of the molecule is CO[C@]12C=C3[C@H](Br)[C@H](O)[C@@H](N=[N+]=[N-])C[C@]34CC[C@]1(O4)[C@@H]1CC[C@H](O)[C@@]1(C)CC2. The van der Waals surface area contributed by atoms with E-state index in [0.29, 0.717) is 6.42 Å². The summed E-state index contributed by atoms with van der Waals surface area (Å²) in [5, 5.41) is 25.4. The normalized spacial score (nSPS) is 56.9. The van der Waals surface area contributed by atoms with E-state index >= 15 is 0 Å². The van der Waals surface area contributed by atoms with Crippen LogP contribution in [0, 0.1) is 11.3 Å². The summed E-state index contributed by atoms with van der Waals surface area (Å²) in [7, 11) is 1.76. The van der Waals surface area contributed by atoms with Gasteiger partial charge in [0.1, 0.15) is 11.2 Å². The van der Waals surface area contributed by atoms with E-state index in [1.165, 1.54) is 0 Å². The molecule has 2 aliphatic heterocycles. The Bertz CT molecular complexity index is 787. The van der Waals surface area contributed by atoms with Gasteiger partial charge in [0.05, 0.1) is 28.7 Å². The molecular formula is C20H28BrN3O4. The minimum atomic E-state index is -0.791. The van der Waals surface area contributed by atoms with Crippen molar-refractivity contribution in [3.63, 3.8) is 0 Å². The molecule has 5 aliphatic rings. The monoisotopic (exact) mass is 453 g/mol. The lowest BCUT2D eigenvalue weighted by atomic mass is 9.54. The van der Waals surface area contributed by atoms with Crippen LogP contribution in [0.4, 0.5) is 0 Å². The van der Waals surface area contributed by atoms with Gasteiger partial charge in [-0.05, 0) is 73.5 Å². The predicted octanol–water partition coefficient (Wildman–Crippen LogP) is 3.38. The minimum absolute atomic E-state index is 0.162. The number of fused-ring (bicyclic) bond motifs is 1. The third-order valence-electron chi connectivity index (χ3n) is 8.89. The van der Waals surface area contributed by atoms with E-state index < -0.39 is 28.9 Å². The molecule has 0 radical (unpaired) electrons. The predicted molar refractivity (Wildman–Crippen MR) is 106 cm³/mol. The van der Waals surface area contributed by atoms with Crippen molar-refractivity contribution in [3.05, 3.63) is 22.1 Å². The lowest BCUT2D eigenvalue weighted by Gasteiger charge is -2.62. The molecule has 0 aromatic rings. The number of hydrogen-bond acceptors (Lipinski definition) is 5. The maximum Gasteiger partial charge on any atom is 0.115 e. The Morgan fingerprint density at radius 1 is 1.29 bits per heavy atom. The molecule has 9 atom stereocenters. The van der Waals surface area contributed by atoms with Gasteiger partial charge < -0.3 is 19.7 Å². The largest absolute Gasteiger partial charge is 0.393 e. The maximum atomic E-state index is 10.8. The number of rotatable bonds is 2. The molecule has 1 saturated heterocycles. The van der Waals surface area contributed by atoms with Crippen LogP contribution in [0.25, 0.3) is 10.4 Å². The van der Waals surface area contributed by atoms with Crippen LogP contribution in [0.5, 0.6) is 0 Å². The zero-order valence-electron chi connectivity index (χ0n) is 16.3. The Hall–Kier alpha value is -0.630. The van der Waals surface area contributed by atoms with E-state index in [1.54, 1.807) is 7.11 Å². The zero-order chi connectivity index (χ0) is 19.9. The van der Waals surface area contributed by atoms with Crippen LogP contribution in [0.2, 0.25) is 0 Å². The Morgan fingerprint density at radius 2 is 2.07 bits per heavy atom. The third-order valence-corrected chi connectivity index (χ3v) is 9.92. The molecule has 3 saturated carbocycles. The molecule has 0 unspecified atom stereocenters. The summed E-state index contributed by atoms with van der Waals surface area (Å²) in [5.74, 6) is 0.222. The highest BCUT2D eigenvalue weighted by atomic mass is 79.9. The highest BCUT2D eigenvalue weighted by Gasteiger charge is 2.75. The second-order valence-corrected chi connectivity index (χ2v) is 10.7. The minimum Gasteiger partial charge on any atom is -0.393 e. The molecule has 28 heavy (non-hydrogen) atoms. The molecule has 8 heteroatoms. The second kappa shape index (κ2) is 5.96. The van der Waals surface area contributed by atoms with E-state index in [4.69, 9.17) is 15.0 Å². The molecule has 2 spiro atoms. The number of ether oxygens (including phenoxy) is 2. The highest BCUT2D eigenvalue weighted by molar-refractivity contribution is 9.09. The molecule has 7 nitrogen and oxygen atoms in total. The number of alkyl halides is 1. The standard InChI is InChI=1S/C20H28BrN3O4/c1-17-5-7-19(27-2)9-11-15(21)16(26)12(23-24-22)10-18(11)6-8-20(19,28-18)13(17)3-4-14(17)25/h9,12-16,25-26H,3-8,10H2,1-2H3/t12-,13+,14-,15-,16+,17-,18+,19+,20-/m0/s1. The van der Waals surface area contributed by atoms with E-state index in [9.17, 15) is 10.2 Å². The fourth-order valence-corrected chi connectivity index (χ4v) is 8.29. The maximum absolute atomic E-state index is 10.8. The number of hydrogen-bond donors (Lipinski definition) is 2. The molecule has 0 aromatic heterocycles. The Balaban J connectivity index is 1.66. The van der Waals surface area contributed by atoms with Crippen LogP contribution < -0.4 is 0 Å². The lowest BCUT2D eigenvalue weighted by molar-refractivity contribution is -0.268. The fourth-order valence-electron chi connectivity index (χ4n) is 7.39. The molecule has 154 valence electrons. The quantitative estimate of drug-likeness (QED) is 0.219.